The normalized spacial score (nSPS) is 45.4. The Balaban J connectivity index is 1.36. The van der Waals surface area contributed by atoms with Crippen LogP contribution >= 0.6 is 0 Å². The highest BCUT2D eigenvalue weighted by molar-refractivity contribution is 5.70. The third kappa shape index (κ3) is 2.09. The predicted octanol–water partition coefficient (Wildman–Crippen LogP) is 2.86. The Morgan fingerprint density at radius 2 is 1.65 bits per heavy atom. The van der Waals surface area contributed by atoms with Gasteiger partial charge >= 0.3 is 5.97 Å². The molecule has 1 saturated heterocycles. The molecular weight excluding hydrogens is 250 g/mol. The van der Waals surface area contributed by atoms with E-state index in [1.54, 1.807) is 0 Å². The molecule has 1 atom stereocenters. The molecule has 5 rings (SSSR count). The second kappa shape index (κ2) is 4.46. The van der Waals surface area contributed by atoms with Crippen molar-refractivity contribution in [1.82, 2.24) is 4.90 Å². The average Bonchev–Trinajstić information content (AvgIpc) is 2.30. The van der Waals surface area contributed by atoms with E-state index in [4.69, 9.17) is 5.11 Å². The maximum Gasteiger partial charge on any atom is 0.306 e. The summed E-state index contributed by atoms with van der Waals surface area (Å²) < 4.78 is 0. The maximum atomic E-state index is 11.0. The van der Waals surface area contributed by atoms with Crippen LogP contribution in [0, 0.1) is 35.0 Å². The van der Waals surface area contributed by atoms with Crippen LogP contribution in [0.25, 0.3) is 0 Å². The van der Waals surface area contributed by atoms with Crippen molar-refractivity contribution in [1.29, 1.82) is 0 Å². The summed E-state index contributed by atoms with van der Waals surface area (Å²) in [7, 11) is 0. The van der Waals surface area contributed by atoms with Crippen molar-refractivity contribution < 1.29 is 9.90 Å². The van der Waals surface area contributed by atoms with E-state index in [1.807, 2.05) is 6.92 Å². The van der Waals surface area contributed by atoms with Gasteiger partial charge in [0.15, 0.2) is 0 Å². The number of hydrogen-bond donors (Lipinski definition) is 1. The molecule has 0 radical (unpaired) electrons. The molecule has 1 heterocycles. The van der Waals surface area contributed by atoms with Crippen LogP contribution in [0.3, 0.4) is 0 Å². The van der Waals surface area contributed by atoms with E-state index in [0.717, 1.165) is 30.8 Å². The van der Waals surface area contributed by atoms with Crippen molar-refractivity contribution in [2.45, 2.75) is 45.4 Å². The number of carboxylic acid groups (broad SMARTS) is 1. The first kappa shape index (κ1) is 13.1. The molecule has 5 fully saturated rings. The number of carboxylic acids is 1. The van der Waals surface area contributed by atoms with Crippen molar-refractivity contribution in [3.05, 3.63) is 0 Å². The van der Waals surface area contributed by atoms with Gasteiger partial charge in [0.2, 0.25) is 0 Å². The lowest BCUT2D eigenvalue weighted by Gasteiger charge is -2.59. The molecule has 4 aliphatic carbocycles. The van der Waals surface area contributed by atoms with Crippen molar-refractivity contribution in [3.8, 4) is 0 Å². The third-order valence-electron chi connectivity index (χ3n) is 6.81. The van der Waals surface area contributed by atoms with E-state index in [1.165, 1.54) is 45.1 Å². The first-order chi connectivity index (χ1) is 9.53. The molecule has 4 saturated carbocycles. The minimum atomic E-state index is -0.621. The van der Waals surface area contributed by atoms with Crippen LogP contribution < -0.4 is 0 Å². The molecule has 20 heavy (non-hydrogen) atoms. The Morgan fingerprint density at radius 3 is 2.10 bits per heavy atom. The van der Waals surface area contributed by atoms with Crippen LogP contribution in [0.2, 0.25) is 0 Å². The third-order valence-corrected chi connectivity index (χ3v) is 6.81. The monoisotopic (exact) mass is 277 g/mol. The Bertz CT molecular complexity index is 378. The summed E-state index contributed by atoms with van der Waals surface area (Å²) in [6.07, 6.45) is 8.94. The number of aliphatic carboxylic acids is 1. The number of likely N-dealkylation sites (tertiary alicyclic amines) is 1. The van der Waals surface area contributed by atoms with Crippen LogP contribution in [0.4, 0.5) is 0 Å². The van der Waals surface area contributed by atoms with Gasteiger partial charge in [0.05, 0.1) is 5.92 Å². The number of carbonyl (C=O) groups is 1. The highest BCUT2D eigenvalue weighted by Gasteiger charge is 2.52. The molecule has 5 aliphatic rings. The average molecular weight is 277 g/mol. The molecule has 0 aromatic heterocycles. The van der Waals surface area contributed by atoms with Gasteiger partial charge in [0, 0.05) is 19.6 Å². The van der Waals surface area contributed by atoms with E-state index < -0.39 is 5.97 Å². The van der Waals surface area contributed by atoms with Crippen molar-refractivity contribution in [3.63, 3.8) is 0 Å². The van der Waals surface area contributed by atoms with Gasteiger partial charge in [-0.05, 0) is 67.6 Å². The number of rotatable bonds is 4. The molecule has 1 unspecified atom stereocenters. The molecule has 1 N–H and O–H groups in total. The van der Waals surface area contributed by atoms with Crippen molar-refractivity contribution in [2.75, 3.05) is 19.6 Å². The largest absolute Gasteiger partial charge is 0.481 e. The number of nitrogens with zero attached hydrogens (tertiary/aromatic N) is 1. The van der Waals surface area contributed by atoms with Gasteiger partial charge in [0.1, 0.15) is 0 Å². The molecule has 0 spiro atoms. The molecule has 3 heteroatoms. The summed E-state index contributed by atoms with van der Waals surface area (Å²) in [5.74, 6) is 2.68. The molecule has 0 aromatic rings. The molecule has 0 aromatic carbocycles. The predicted molar refractivity (Wildman–Crippen MR) is 77.3 cm³/mol. The van der Waals surface area contributed by atoms with Gasteiger partial charge in [-0.2, -0.15) is 0 Å². The highest BCUT2D eigenvalue weighted by Crippen LogP contribution is 2.60. The Kier molecular flexibility index (Phi) is 2.93. The van der Waals surface area contributed by atoms with E-state index in [2.05, 4.69) is 4.90 Å². The van der Waals surface area contributed by atoms with Crippen LogP contribution in [-0.4, -0.2) is 35.6 Å². The van der Waals surface area contributed by atoms with Gasteiger partial charge in [0.25, 0.3) is 0 Å². The quantitative estimate of drug-likeness (QED) is 0.859. The topological polar surface area (TPSA) is 40.5 Å². The van der Waals surface area contributed by atoms with E-state index in [9.17, 15) is 4.79 Å². The van der Waals surface area contributed by atoms with Gasteiger partial charge in [-0.15, -0.1) is 0 Å². The zero-order valence-corrected chi connectivity index (χ0v) is 12.6. The molecule has 4 bridgehead atoms. The summed E-state index contributed by atoms with van der Waals surface area (Å²) in [4.78, 5) is 13.6. The zero-order valence-electron chi connectivity index (χ0n) is 12.6. The fourth-order valence-electron chi connectivity index (χ4n) is 6.21. The molecule has 0 amide bonds. The standard InChI is InChI=1S/C17H27NO2/c1-11(16(19)20)15-8-18(9-15)10-17-5-12-2-13(6-17)4-14(3-12)7-17/h11-15H,2-10H2,1H3,(H,19,20). The Morgan fingerprint density at radius 1 is 1.15 bits per heavy atom. The van der Waals surface area contributed by atoms with Gasteiger partial charge in [-0.25, -0.2) is 0 Å². The smallest absolute Gasteiger partial charge is 0.306 e. The van der Waals surface area contributed by atoms with Crippen LogP contribution in [0.5, 0.6) is 0 Å². The molecular formula is C17H27NO2. The lowest BCUT2D eigenvalue weighted by atomic mass is 9.49. The number of hydrogen-bond acceptors (Lipinski definition) is 2. The SMILES string of the molecule is CC(C(=O)O)C1CN(CC23CC4CC(CC(C4)C2)C3)C1. The minimum Gasteiger partial charge on any atom is -0.481 e. The fourth-order valence-corrected chi connectivity index (χ4v) is 6.21. The van der Waals surface area contributed by atoms with Crippen LogP contribution in [0.15, 0.2) is 0 Å². The van der Waals surface area contributed by atoms with Gasteiger partial charge in [-0.3, -0.25) is 4.79 Å². The second-order valence-electron chi connectivity index (χ2n) is 8.50. The first-order valence-electron chi connectivity index (χ1n) is 8.48. The lowest BCUT2D eigenvalue weighted by molar-refractivity contribution is -0.146. The molecule has 112 valence electrons. The second-order valence-corrected chi connectivity index (χ2v) is 8.50. The lowest BCUT2D eigenvalue weighted by Crippen LogP contribution is -2.57. The zero-order chi connectivity index (χ0) is 13.9. The summed E-state index contributed by atoms with van der Waals surface area (Å²) in [6.45, 7) is 5.18. The van der Waals surface area contributed by atoms with Gasteiger partial charge < -0.3 is 10.0 Å². The maximum absolute atomic E-state index is 11.0. The van der Waals surface area contributed by atoms with E-state index >= 15 is 0 Å². The summed E-state index contributed by atoms with van der Waals surface area (Å²) >= 11 is 0. The molecule has 1 aliphatic heterocycles. The fraction of sp³-hybridized carbons (Fsp3) is 0.941. The van der Waals surface area contributed by atoms with Crippen LogP contribution in [0.1, 0.15) is 45.4 Å². The van der Waals surface area contributed by atoms with E-state index in [0.29, 0.717) is 11.3 Å². The highest BCUT2D eigenvalue weighted by atomic mass is 16.4. The van der Waals surface area contributed by atoms with E-state index in [-0.39, 0.29) is 5.92 Å². The van der Waals surface area contributed by atoms with Crippen molar-refractivity contribution >= 4 is 5.97 Å². The minimum absolute atomic E-state index is 0.164. The van der Waals surface area contributed by atoms with Crippen molar-refractivity contribution in [2.24, 2.45) is 35.0 Å². The Hall–Kier alpha value is -0.570. The van der Waals surface area contributed by atoms with Crippen LogP contribution in [-0.2, 0) is 4.79 Å². The summed E-state index contributed by atoms with van der Waals surface area (Å²) in [5.41, 5.74) is 0.617. The summed E-state index contributed by atoms with van der Waals surface area (Å²) in [5, 5.41) is 9.09. The summed E-state index contributed by atoms with van der Waals surface area (Å²) in [6, 6.07) is 0. The van der Waals surface area contributed by atoms with Gasteiger partial charge in [-0.1, -0.05) is 6.92 Å². The molecule has 3 nitrogen and oxygen atoms in total. The Labute approximate surface area is 121 Å². The first-order valence-corrected chi connectivity index (χ1v) is 8.48.